The van der Waals surface area contributed by atoms with Crippen molar-refractivity contribution in [1.29, 1.82) is 0 Å². The van der Waals surface area contributed by atoms with Gasteiger partial charge in [-0.1, -0.05) is 0 Å². The van der Waals surface area contributed by atoms with Crippen LogP contribution < -0.4 is 10.1 Å². The summed E-state index contributed by atoms with van der Waals surface area (Å²) in [7, 11) is 0.596. The lowest BCUT2D eigenvalue weighted by molar-refractivity contribution is 0.0596. The Kier molecular flexibility index (Phi) is 5.49. The maximum Gasteiger partial charge on any atom is 0.341 e. The minimum Gasteiger partial charge on any atom is -0.496 e. The van der Waals surface area contributed by atoms with Gasteiger partial charge in [-0.25, -0.2) is 18.2 Å². The van der Waals surface area contributed by atoms with Crippen LogP contribution in [0.3, 0.4) is 0 Å². The van der Waals surface area contributed by atoms with Gasteiger partial charge in [-0.3, -0.25) is 0 Å². The van der Waals surface area contributed by atoms with Crippen LogP contribution in [0.25, 0.3) is 0 Å². The van der Waals surface area contributed by atoms with Crippen molar-refractivity contribution >= 4 is 16.0 Å². The second-order valence-corrected chi connectivity index (χ2v) is 7.98. The minimum atomic E-state index is -3.87. The molecule has 146 valence electrons. The van der Waals surface area contributed by atoms with Crippen LogP contribution in [0.15, 0.2) is 35.5 Å². The van der Waals surface area contributed by atoms with E-state index >= 15 is 0 Å². The van der Waals surface area contributed by atoms with Crippen LogP contribution in [0.2, 0.25) is 0 Å². The third kappa shape index (κ3) is 3.55. The van der Waals surface area contributed by atoms with E-state index in [-0.39, 0.29) is 16.2 Å². The van der Waals surface area contributed by atoms with Crippen molar-refractivity contribution in [2.45, 2.75) is 10.9 Å². The van der Waals surface area contributed by atoms with E-state index in [9.17, 15) is 13.2 Å². The number of hydrogen-bond donors (Lipinski definition) is 1. The Hall–Kier alpha value is -2.43. The second kappa shape index (κ2) is 7.67. The fraction of sp³-hybridized carbons (Fsp3) is 0.412. The minimum absolute atomic E-state index is 0.00445. The van der Waals surface area contributed by atoms with Gasteiger partial charge < -0.3 is 19.4 Å². The Labute approximate surface area is 158 Å². The van der Waals surface area contributed by atoms with Gasteiger partial charge in [0.1, 0.15) is 17.1 Å². The van der Waals surface area contributed by atoms with Crippen LogP contribution >= 0.6 is 0 Å². The van der Waals surface area contributed by atoms with E-state index in [1.807, 2.05) is 7.05 Å². The molecule has 1 atom stereocenters. The smallest absolute Gasteiger partial charge is 0.341 e. The molecule has 1 N–H and O–H groups in total. The number of rotatable bonds is 5. The number of sulfonamides is 1. The normalized spacial score (nSPS) is 18.3. The van der Waals surface area contributed by atoms with Crippen LogP contribution in [0.5, 0.6) is 5.75 Å². The van der Waals surface area contributed by atoms with Gasteiger partial charge in [0.15, 0.2) is 0 Å². The first-order valence-electron chi connectivity index (χ1n) is 8.36. The molecule has 9 nitrogen and oxygen atoms in total. The van der Waals surface area contributed by atoms with E-state index in [2.05, 4.69) is 10.3 Å². The number of nitrogens with one attached hydrogen (secondary N) is 1. The van der Waals surface area contributed by atoms with Gasteiger partial charge >= 0.3 is 5.97 Å². The molecule has 2 heterocycles. The van der Waals surface area contributed by atoms with Gasteiger partial charge in [-0.2, -0.15) is 4.31 Å². The zero-order valence-electron chi connectivity index (χ0n) is 15.4. The SMILES string of the molecule is COC(=O)c1cc(S(=O)(=O)N2CCNCC2c2nccn2C)ccc1OC. The molecule has 0 aliphatic carbocycles. The average molecular weight is 394 g/mol. The summed E-state index contributed by atoms with van der Waals surface area (Å²) in [4.78, 5) is 16.3. The summed E-state index contributed by atoms with van der Waals surface area (Å²) in [6, 6.07) is 3.72. The van der Waals surface area contributed by atoms with Crippen molar-refractivity contribution in [2.75, 3.05) is 33.9 Å². The second-order valence-electron chi connectivity index (χ2n) is 6.09. The molecule has 0 bridgehead atoms. The highest BCUT2D eigenvalue weighted by Crippen LogP contribution is 2.30. The van der Waals surface area contributed by atoms with Gasteiger partial charge in [-0.05, 0) is 18.2 Å². The lowest BCUT2D eigenvalue weighted by Crippen LogP contribution is -2.49. The molecule has 0 amide bonds. The number of benzene rings is 1. The topological polar surface area (TPSA) is 103 Å². The van der Waals surface area contributed by atoms with Gasteiger partial charge in [0.25, 0.3) is 0 Å². The van der Waals surface area contributed by atoms with E-state index in [0.717, 1.165) is 0 Å². The van der Waals surface area contributed by atoms with E-state index < -0.39 is 22.0 Å². The molecule has 1 aliphatic heterocycles. The number of ether oxygens (including phenoxy) is 2. The Bertz CT molecular complexity index is 941. The summed E-state index contributed by atoms with van der Waals surface area (Å²) >= 11 is 0. The fourth-order valence-corrected chi connectivity index (χ4v) is 4.76. The highest BCUT2D eigenvalue weighted by molar-refractivity contribution is 7.89. The van der Waals surface area contributed by atoms with Crippen LogP contribution in [0, 0.1) is 0 Å². The number of nitrogens with zero attached hydrogens (tertiary/aromatic N) is 3. The molecule has 1 aliphatic rings. The molecule has 0 saturated carbocycles. The van der Waals surface area contributed by atoms with E-state index in [1.54, 1.807) is 17.0 Å². The Morgan fingerprint density at radius 1 is 1.33 bits per heavy atom. The Morgan fingerprint density at radius 2 is 2.11 bits per heavy atom. The maximum atomic E-state index is 13.3. The zero-order chi connectivity index (χ0) is 19.6. The number of aryl methyl sites for hydroxylation is 1. The highest BCUT2D eigenvalue weighted by Gasteiger charge is 2.37. The molecule has 2 aromatic rings. The highest BCUT2D eigenvalue weighted by atomic mass is 32.2. The van der Waals surface area contributed by atoms with Crippen LogP contribution in [0.1, 0.15) is 22.2 Å². The van der Waals surface area contributed by atoms with Crippen molar-refractivity contribution in [3.05, 3.63) is 42.0 Å². The quantitative estimate of drug-likeness (QED) is 0.739. The molecule has 1 aromatic heterocycles. The van der Waals surface area contributed by atoms with Gasteiger partial charge in [0.05, 0.1) is 25.2 Å². The standard InChI is InChI=1S/C17H22N4O5S/c1-20-8-7-19-16(20)14-11-18-6-9-21(14)27(23,24)12-4-5-15(25-2)13(10-12)17(22)26-3/h4-5,7-8,10,14,18H,6,9,11H2,1-3H3. The summed E-state index contributed by atoms with van der Waals surface area (Å²) in [5.74, 6) is 0.235. The predicted octanol–water partition coefficient (Wildman–Crippen LogP) is 0.551. The molecule has 3 rings (SSSR count). The van der Waals surface area contributed by atoms with Crippen molar-refractivity contribution in [3.63, 3.8) is 0 Å². The van der Waals surface area contributed by atoms with E-state index in [1.165, 1.54) is 36.7 Å². The summed E-state index contributed by atoms with van der Waals surface area (Å²) in [6.45, 7) is 1.27. The predicted molar refractivity (Wildman–Crippen MR) is 97.0 cm³/mol. The lowest BCUT2D eigenvalue weighted by Gasteiger charge is -2.34. The van der Waals surface area contributed by atoms with Gasteiger partial charge in [-0.15, -0.1) is 0 Å². The molecule has 1 fully saturated rings. The molecule has 0 spiro atoms. The van der Waals surface area contributed by atoms with Gasteiger partial charge in [0, 0.05) is 39.1 Å². The van der Waals surface area contributed by atoms with E-state index in [4.69, 9.17) is 9.47 Å². The first kappa shape index (κ1) is 19.3. The summed E-state index contributed by atoms with van der Waals surface area (Å²) in [5, 5.41) is 3.21. The molecule has 1 saturated heterocycles. The Balaban J connectivity index is 2.04. The van der Waals surface area contributed by atoms with Crippen molar-refractivity contribution in [3.8, 4) is 5.75 Å². The van der Waals surface area contributed by atoms with Crippen LogP contribution in [-0.4, -0.2) is 62.1 Å². The van der Waals surface area contributed by atoms with Crippen molar-refractivity contribution in [2.24, 2.45) is 7.05 Å². The van der Waals surface area contributed by atoms with Crippen molar-refractivity contribution < 1.29 is 22.7 Å². The van der Waals surface area contributed by atoms with Gasteiger partial charge in [0.2, 0.25) is 10.0 Å². The summed E-state index contributed by atoms with van der Waals surface area (Å²) in [5.41, 5.74) is 0.0600. The number of piperazine rings is 1. The van der Waals surface area contributed by atoms with Crippen LogP contribution in [0.4, 0.5) is 0 Å². The summed E-state index contributed by atoms with van der Waals surface area (Å²) in [6.07, 6.45) is 3.41. The zero-order valence-corrected chi connectivity index (χ0v) is 16.2. The average Bonchev–Trinajstić information content (AvgIpc) is 3.12. The van der Waals surface area contributed by atoms with E-state index in [0.29, 0.717) is 25.5 Å². The molecule has 10 heteroatoms. The molecule has 0 radical (unpaired) electrons. The molecule has 1 aromatic carbocycles. The monoisotopic (exact) mass is 394 g/mol. The number of hydrogen-bond acceptors (Lipinski definition) is 7. The number of aromatic nitrogens is 2. The molecule has 27 heavy (non-hydrogen) atoms. The largest absolute Gasteiger partial charge is 0.496 e. The van der Waals surface area contributed by atoms with Crippen LogP contribution in [-0.2, 0) is 21.8 Å². The number of carbonyl (C=O) groups excluding carboxylic acids is 1. The molecular formula is C17H22N4O5S. The lowest BCUT2D eigenvalue weighted by atomic mass is 10.2. The third-order valence-electron chi connectivity index (χ3n) is 4.53. The third-order valence-corrected chi connectivity index (χ3v) is 6.44. The van der Waals surface area contributed by atoms with Crippen molar-refractivity contribution in [1.82, 2.24) is 19.2 Å². The molecular weight excluding hydrogens is 372 g/mol. The molecule has 1 unspecified atom stereocenters. The number of methoxy groups -OCH3 is 2. The summed E-state index contributed by atoms with van der Waals surface area (Å²) < 4.78 is 39.8. The maximum absolute atomic E-state index is 13.3. The number of imidazole rings is 1. The number of esters is 1. The fourth-order valence-electron chi connectivity index (χ4n) is 3.14. The number of carbonyl (C=O) groups is 1. The first-order valence-corrected chi connectivity index (χ1v) is 9.80. The first-order chi connectivity index (χ1) is 12.9. The Morgan fingerprint density at radius 3 is 2.74 bits per heavy atom.